The number of nitrogens with one attached hydrogen (secondary N) is 1. The van der Waals surface area contributed by atoms with E-state index in [0.717, 1.165) is 42.3 Å². The van der Waals surface area contributed by atoms with E-state index >= 15 is 0 Å². The van der Waals surface area contributed by atoms with Gasteiger partial charge in [-0.1, -0.05) is 19.1 Å². The molecule has 2 aromatic rings. The minimum atomic E-state index is -3.62. The standard InChI is InChI=1S/C21H27N3O3S/c1-4-16-7-9-17(10-8-16)22-21(25)19-15-18(28(26,27)23(2)3)11-12-20(19)24-13-5-6-14-24/h7-12,15H,4-6,13-14H2,1-3H3,(H,22,25). The predicted octanol–water partition coefficient (Wildman–Crippen LogP) is 3.35. The maximum atomic E-state index is 13.0. The van der Waals surface area contributed by atoms with Gasteiger partial charge in [-0.25, -0.2) is 12.7 Å². The summed E-state index contributed by atoms with van der Waals surface area (Å²) in [5.41, 5.74) is 3.03. The molecule has 7 heteroatoms. The Kier molecular flexibility index (Phi) is 6.05. The molecule has 0 spiro atoms. The van der Waals surface area contributed by atoms with Crippen molar-refractivity contribution >= 4 is 27.3 Å². The van der Waals surface area contributed by atoms with Crippen molar-refractivity contribution in [2.75, 3.05) is 37.4 Å². The van der Waals surface area contributed by atoms with E-state index in [4.69, 9.17) is 0 Å². The van der Waals surface area contributed by atoms with Crippen molar-refractivity contribution in [2.45, 2.75) is 31.1 Å². The monoisotopic (exact) mass is 401 g/mol. The van der Waals surface area contributed by atoms with Gasteiger partial charge in [0.2, 0.25) is 10.0 Å². The first-order valence-corrected chi connectivity index (χ1v) is 11.0. The maximum Gasteiger partial charge on any atom is 0.257 e. The van der Waals surface area contributed by atoms with Crippen molar-refractivity contribution in [1.29, 1.82) is 0 Å². The number of hydrogen-bond acceptors (Lipinski definition) is 4. The van der Waals surface area contributed by atoms with E-state index in [1.165, 1.54) is 25.7 Å². The molecule has 0 bridgehead atoms. The molecule has 0 saturated carbocycles. The van der Waals surface area contributed by atoms with Crippen LogP contribution in [0.5, 0.6) is 0 Å². The molecule has 1 aliphatic rings. The molecule has 1 fully saturated rings. The molecule has 6 nitrogen and oxygen atoms in total. The third-order valence-electron chi connectivity index (χ3n) is 5.06. The third-order valence-corrected chi connectivity index (χ3v) is 6.87. The maximum absolute atomic E-state index is 13.0. The molecular formula is C21H27N3O3S. The molecule has 0 aliphatic carbocycles. The van der Waals surface area contributed by atoms with E-state index in [1.807, 2.05) is 24.3 Å². The van der Waals surface area contributed by atoms with Crippen molar-refractivity contribution in [3.8, 4) is 0 Å². The Hall–Kier alpha value is -2.38. The van der Waals surface area contributed by atoms with Crippen LogP contribution < -0.4 is 10.2 Å². The molecule has 0 radical (unpaired) electrons. The Morgan fingerprint density at radius 2 is 1.71 bits per heavy atom. The Balaban J connectivity index is 1.98. The van der Waals surface area contributed by atoms with Gasteiger partial charge < -0.3 is 10.2 Å². The first-order valence-electron chi connectivity index (χ1n) is 9.54. The van der Waals surface area contributed by atoms with Crippen LogP contribution in [0.4, 0.5) is 11.4 Å². The second kappa shape index (κ2) is 8.32. The van der Waals surface area contributed by atoms with Crippen LogP contribution in [0.25, 0.3) is 0 Å². The topological polar surface area (TPSA) is 69.7 Å². The number of carbonyl (C=O) groups excluding carboxylic acids is 1. The van der Waals surface area contributed by atoms with Gasteiger partial charge in [0.15, 0.2) is 0 Å². The van der Waals surface area contributed by atoms with E-state index < -0.39 is 10.0 Å². The number of sulfonamides is 1. The molecule has 2 aromatic carbocycles. The number of amides is 1. The lowest BCUT2D eigenvalue weighted by Gasteiger charge is -2.22. The lowest BCUT2D eigenvalue weighted by atomic mass is 10.1. The van der Waals surface area contributed by atoms with Crippen molar-refractivity contribution in [1.82, 2.24) is 4.31 Å². The summed E-state index contributed by atoms with van der Waals surface area (Å²) in [5.74, 6) is -0.304. The number of carbonyl (C=O) groups is 1. The summed E-state index contributed by atoms with van der Waals surface area (Å²) in [5, 5.41) is 2.91. The highest BCUT2D eigenvalue weighted by molar-refractivity contribution is 7.89. The van der Waals surface area contributed by atoms with Gasteiger partial charge in [-0.05, 0) is 55.2 Å². The quantitative estimate of drug-likeness (QED) is 0.806. The fourth-order valence-electron chi connectivity index (χ4n) is 3.32. The Morgan fingerprint density at radius 1 is 1.07 bits per heavy atom. The summed E-state index contributed by atoms with van der Waals surface area (Å²) in [6, 6.07) is 12.5. The minimum Gasteiger partial charge on any atom is -0.371 e. The van der Waals surface area contributed by atoms with Crippen molar-refractivity contribution in [3.63, 3.8) is 0 Å². The molecule has 0 aromatic heterocycles. The van der Waals surface area contributed by atoms with Gasteiger partial charge in [0.1, 0.15) is 0 Å². The first kappa shape index (κ1) is 20.4. The summed E-state index contributed by atoms with van der Waals surface area (Å²) in [6.07, 6.45) is 3.06. The van der Waals surface area contributed by atoms with E-state index in [-0.39, 0.29) is 10.8 Å². The molecule has 28 heavy (non-hydrogen) atoms. The molecule has 0 unspecified atom stereocenters. The van der Waals surface area contributed by atoms with Crippen molar-refractivity contribution < 1.29 is 13.2 Å². The van der Waals surface area contributed by atoms with Crippen LogP contribution in [-0.4, -0.2) is 45.8 Å². The van der Waals surface area contributed by atoms with E-state index in [2.05, 4.69) is 17.1 Å². The third kappa shape index (κ3) is 4.20. The number of benzene rings is 2. The molecule has 150 valence electrons. The molecule has 0 atom stereocenters. The number of hydrogen-bond donors (Lipinski definition) is 1. The SMILES string of the molecule is CCc1ccc(NC(=O)c2cc(S(=O)(=O)N(C)C)ccc2N2CCCC2)cc1. The lowest BCUT2D eigenvalue weighted by molar-refractivity contribution is 0.102. The number of anilines is 2. The number of aryl methyl sites for hydroxylation is 1. The van der Waals surface area contributed by atoms with Crippen LogP contribution in [0.15, 0.2) is 47.4 Å². The first-order chi connectivity index (χ1) is 13.3. The van der Waals surface area contributed by atoms with Gasteiger partial charge in [0.05, 0.1) is 10.5 Å². The second-order valence-electron chi connectivity index (χ2n) is 7.17. The summed E-state index contributed by atoms with van der Waals surface area (Å²) < 4.78 is 26.3. The second-order valence-corrected chi connectivity index (χ2v) is 9.32. The Bertz CT molecular complexity index is 947. The van der Waals surface area contributed by atoms with Gasteiger partial charge in [-0.2, -0.15) is 0 Å². The van der Waals surface area contributed by atoms with Crippen molar-refractivity contribution in [3.05, 3.63) is 53.6 Å². The zero-order valence-electron chi connectivity index (χ0n) is 16.6. The average molecular weight is 402 g/mol. The van der Waals surface area contributed by atoms with E-state index in [9.17, 15) is 13.2 Å². The molecule has 1 N–H and O–H groups in total. The van der Waals surface area contributed by atoms with Crippen LogP contribution in [0, 0.1) is 0 Å². The Morgan fingerprint density at radius 3 is 2.29 bits per heavy atom. The zero-order valence-corrected chi connectivity index (χ0v) is 17.4. The van der Waals surface area contributed by atoms with Crippen LogP contribution in [0.2, 0.25) is 0 Å². The molecule has 3 rings (SSSR count). The largest absolute Gasteiger partial charge is 0.371 e. The van der Waals surface area contributed by atoms with Crippen LogP contribution >= 0.6 is 0 Å². The fourth-order valence-corrected chi connectivity index (χ4v) is 4.25. The highest BCUT2D eigenvalue weighted by atomic mass is 32.2. The number of nitrogens with zero attached hydrogens (tertiary/aromatic N) is 2. The lowest BCUT2D eigenvalue weighted by Crippen LogP contribution is -2.25. The summed E-state index contributed by atoms with van der Waals surface area (Å²) in [6.45, 7) is 3.81. The molecule has 1 amide bonds. The summed E-state index contributed by atoms with van der Waals surface area (Å²) >= 11 is 0. The fraction of sp³-hybridized carbons (Fsp3) is 0.381. The zero-order chi connectivity index (χ0) is 20.3. The highest BCUT2D eigenvalue weighted by Crippen LogP contribution is 2.29. The average Bonchev–Trinajstić information content (AvgIpc) is 3.22. The highest BCUT2D eigenvalue weighted by Gasteiger charge is 2.24. The smallest absolute Gasteiger partial charge is 0.257 e. The summed E-state index contributed by atoms with van der Waals surface area (Å²) in [4.78, 5) is 15.3. The van der Waals surface area contributed by atoms with Gasteiger partial charge in [-0.15, -0.1) is 0 Å². The van der Waals surface area contributed by atoms with E-state index in [1.54, 1.807) is 12.1 Å². The van der Waals surface area contributed by atoms with Crippen LogP contribution in [0.1, 0.15) is 35.7 Å². The van der Waals surface area contributed by atoms with Gasteiger partial charge in [0, 0.05) is 38.6 Å². The number of rotatable bonds is 6. The van der Waals surface area contributed by atoms with Crippen LogP contribution in [0.3, 0.4) is 0 Å². The van der Waals surface area contributed by atoms with Gasteiger partial charge in [-0.3, -0.25) is 4.79 Å². The Labute approximate surface area is 167 Å². The van der Waals surface area contributed by atoms with Gasteiger partial charge >= 0.3 is 0 Å². The summed E-state index contributed by atoms with van der Waals surface area (Å²) in [7, 11) is -0.651. The molecule has 1 heterocycles. The van der Waals surface area contributed by atoms with Crippen LogP contribution in [-0.2, 0) is 16.4 Å². The molecule has 1 aliphatic heterocycles. The molecular weight excluding hydrogens is 374 g/mol. The van der Waals surface area contributed by atoms with Crippen molar-refractivity contribution in [2.24, 2.45) is 0 Å². The normalized spacial score (nSPS) is 14.5. The predicted molar refractivity (Wildman–Crippen MR) is 113 cm³/mol. The van der Waals surface area contributed by atoms with Gasteiger partial charge in [0.25, 0.3) is 5.91 Å². The van der Waals surface area contributed by atoms with E-state index in [0.29, 0.717) is 11.3 Å². The minimum absolute atomic E-state index is 0.118. The molecule has 1 saturated heterocycles.